The smallest absolute Gasteiger partial charge is 0.175 e. The molecule has 1 saturated heterocycles. The summed E-state index contributed by atoms with van der Waals surface area (Å²) in [5.41, 5.74) is 1.73. The van der Waals surface area contributed by atoms with Crippen molar-refractivity contribution in [2.24, 2.45) is 5.41 Å². The van der Waals surface area contributed by atoms with Crippen LogP contribution in [-0.2, 0) is 11.2 Å². The number of aliphatic hydroxyl groups excluding tert-OH is 1. The second-order valence-electron chi connectivity index (χ2n) is 10.2. The Morgan fingerprint density at radius 3 is 2.68 bits per heavy atom. The Morgan fingerprint density at radius 1 is 1.35 bits per heavy atom. The number of nitrogens with zero attached hydrogens (tertiary/aromatic N) is 2. The highest BCUT2D eigenvalue weighted by molar-refractivity contribution is 9.10. The molecule has 0 spiro atoms. The van der Waals surface area contributed by atoms with Crippen LogP contribution in [0.4, 0.5) is 0 Å². The average molecular weight is 493 g/mol. The van der Waals surface area contributed by atoms with Gasteiger partial charge < -0.3 is 19.3 Å². The Bertz CT molecular complexity index is 872. The van der Waals surface area contributed by atoms with E-state index in [2.05, 4.69) is 33.0 Å². The predicted molar refractivity (Wildman–Crippen MR) is 121 cm³/mol. The van der Waals surface area contributed by atoms with Crippen LogP contribution in [0.3, 0.4) is 0 Å². The minimum absolute atomic E-state index is 0.120. The van der Waals surface area contributed by atoms with Crippen molar-refractivity contribution in [3.8, 4) is 17.6 Å². The number of aliphatic hydroxyl groups is 1. The maximum absolute atomic E-state index is 10.8. The maximum Gasteiger partial charge on any atom is 0.175 e. The first kappa shape index (κ1) is 22.8. The number of rotatable bonds is 5. The second kappa shape index (κ2) is 8.55. The molecule has 3 aliphatic rings. The Labute approximate surface area is 193 Å². The van der Waals surface area contributed by atoms with Gasteiger partial charge in [0.1, 0.15) is 6.61 Å². The van der Waals surface area contributed by atoms with Crippen LogP contribution in [0, 0.1) is 16.7 Å². The molecular formula is C24H33BrN2O4. The van der Waals surface area contributed by atoms with E-state index in [9.17, 15) is 10.4 Å². The van der Waals surface area contributed by atoms with Crippen molar-refractivity contribution in [2.45, 2.75) is 76.7 Å². The van der Waals surface area contributed by atoms with E-state index in [1.165, 1.54) is 11.1 Å². The molecule has 0 radical (unpaired) electrons. The van der Waals surface area contributed by atoms with Gasteiger partial charge in [-0.2, -0.15) is 5.26 Å². The van der Waals surface area contributed by atoms with Gasteiger partial charge in [0.2, 0.25) is 0 Å². The lowest BCUT2D eigenvalue weighted by Crippen LogP contribution is -2.53. The van der Waals surface area contributed by atoms with Gasteiger partial charge in [0, 0.05) is 19.1 Å². The fourth-order valence-electron chi connectivity index (χ4n) is 5.01. The van der Waals surface area contributed by atoms with E-state index in [1.807, 2.05) is 20.8 Å². The maximum atomic E-state index is 10.8. The van der Waals surface area contributed by atoms with E-state index in [0.29, 0.717) is 31.1 Å². The molecule has 1 aromatic rings. The van der Waals surface area contributed by atoms with Crippen molar-refractivity contribution in [1.82, 2.24) is 4.90 Å². The lowest BCUT2D eigenvalue weighted by molar-refractivity contribution is -0.149. The second-order valence-corrected chi connectivity index (χ2v) is 10.9. The van der Waals surface area contributed by atoms with Gasteiger partial charge in [-0.05, 0) is 79.6 Å². The molecule has 2 heterocycles. The van der Waals surface area contributed by atoms with Gasteiger partial charge >= 0.3 is 0 Å². The zero-order valence-corrected chi connectivity index (χ0v) is 20.5. The monoisotopic (exact) mass is 492 g/mol. The van der Waals surface area contributed by atoms with Crippen molar-refractivity contribution in [3.63, 3.8) is 0 Å². The van der Waals surface area contributed by atoms with Gasteiger partial charge in [-0.25, -0.2) is 0 Å². The van der Waals surface area contributed by atoms with Gasteiger partial charge in [-0.1, -0.05) is 6.42 Å². The molecule has 7 heteroatoms. The van der Waals surface area contributed by atoms with E-state index in [1.54, 1.807) is 7.11 Å². The topological polar surface area (TPSA) is 75.0 Å². The highest BCUT2D eigenvalue weighted by Gasteiger charge is 2.42. The summed E-state index contributed by atoms with van der Waals surface area (Å²) in [5.74, 6) is 1.35. The minimum atomic E-state index is -0.513. The molecule has 31 heavy (non-hydrogen) atoms. The number of piperidine rings is 1. The molecule has 0 bridgehead atoms. The number of hydrogen-bond acceptors (Lipinski definition) is 6. The Balaban J connectivity index is 1.58. The molecule has 1 aliphatic carbocycles. The molecule has 0 unspecified atom stereocenters. The third-order valence-corrected chi connectivity index (χ3v) is 7.68. The standard InChI is InChI=1S/C24H33BrN2O4/c1-23(2,3)31-20-12-27-9-6-15-16(17(27)11-18(20)28)10-19(29-4)22(21(15)25)30-14-24(13-26)7-5-8-24/h10,17-18,20,28H,5-9,11-12,14H2,1-4H3/t17-,18-,20-/m1/s1. The normalized spacial score (nSPS) is 27.5. The summed E-state index contributed by atoms with van der Waals surface area (Å²) in [6.07, 6.45) is 3.67. The number of benzene rings is 1. The largest absolute Gasteiger partial charge is 0.493 e. The Kier molecular flexibility index (Phi) is 6.30. The first-order valence-corrected chi connectivity index (χ1v) is 12.0. The van der Waals surface area contributed by atoms with Crippen molar-refractivity contribution in [3.05, 3.63) is 21.7 Å². The molecule has 1 N–H and O–H groups in total. The number of nitriles is 1. The fraction of sp³-hybridized carbons (Fsp3) is 0.708. The quantitative estimate of drug-likeness (QED) is 0.657. The van der Waals surface area contributed by atoms with Crippen LogP contribution >= 0.6 is 15.9 Å². The lowest BCUT2D eigenvalue weighted by atomic mass is 9.71. The highest BCUT2D eigenvalue weighted by Crippen LogP contribution is 2.48. The van der Waals surface area contributed by atoms with E-state index in [4.69, 9.17) is 14.2 Å². The molecule has 2 fully saturated rings. The van der Waals surface area contributed by atoms with Gasteiger partial charge in [0.25, 0.3) is 0 Å². The molecular weight excluding hydrogens is 460 g/mol. The summed E-state index contributed by atoms with van der Waals surface area (Å²) in [4.78, 5) is 2.41. The molecule has 2 aliphatic heterocycles. The third-order valence-electron chi connectivity index (χ3n) is 6.85. The Hall–Kier alpha value is -1.33. The van der Waals surface area contributed by atoms with Crippen LogP contribution in [0.15, 0.2) is 10.5 Å². The summed E-state index contributed by atoms with van der Waals surface area (Å²) in [7, 11) is 1.65. The molecule has 6 nitrogen and oxygen atoms in total. The van der Waals surface area contributed by atoms with E-state index < -0.39 is 6.10 Å². The summed E-state index contributed by atoms with van der Waals surface area (Å²) < 4.78 is 18.9. The van der Waals surface area contributed by atoms with Gasteiger partial charge in [0.05, 0.1) is 40.9 Å². The van der Waals surface area contributed by atoms with Gasteiger partial charge in [-0.3, -0.25) is 4.90 Å². The summed E-state index contributed by atoms with van der Waals surface area (Å²) in [6, 6.07) is 4.62. The first-order chi connectivity index (χ1) is 14.7. The first-order valence-electron chi connectivity index (χ1n) is 11.2. The van der Waals surface area contributed by atoms with Crippen molar-refractivity contribution in [2.75, 3.05) is 26.8 Å². The molecule has 170 valence electrons. The van der Waals surface area contributed by atoms with Crippen molar-refractivity contribution in [1.29, 1.82) is 5.26 Å². The molecule has 1 aromatic carbocycles. The van der Waals surface area contributed by atoms with E-state index in [-0.39, 0.29) is 23.2 Å². The van der Waals surface area contributed by atoms with E-state index in [0.717, 1.165) is 36.7 Å². The number of methoxy groups -OCH3 is 1. The molecule has 3 atom stereocenters. The average Bonchev–Trinajstić information content (AvgIpc) is 2.68. The van der Waals surface area contributed by atoms with Crippen LogP contribution < -0.4 is 9.47 Å². The number of hydrogen-bond donors (Lipinski definition) is 1. The third kappa shape index (κ3) is 4.45. The SMILES string of the molecule is COc1cc2c(c(Br)c1OCC1(C#N)CCC1)CCN1C[C@@H](OC(C)(C)C)[C@H](O)C[C@H]21. The van der Waals surface area contributed by atoms with Crippen molar-refractivity contribution < 1.29 is 19.3 Å². The van der Waals surface area contributed by atoms with Crippen molar-refractivity contribution >= 4 is 15.9 Å². The molecule has 1 saturated carbocycles. The number of fused-ring (bicyclic) bond motifs is 3. The number of ether oxygens (including phenoxy) is 3. The van der Waals surface area contributed by atoms with Gasteiger partial charge in [-0.15, -0.1) is 0 Å². The van der Waals surface area contributed by atoms with Crippen LogP contribution in [0.25, 0.3) is 0 Å². The lowest BCUT2D eigenvalue weighted by Gasteiger charge is -2.47. The Morgan fingerprint density at radius 2 is 2.10 bits per heavy atom. The highest BCUT2D eigenvalue weighted by atomic mass is 79.9. The summed E-state index contributed by atoms with van der Waals surface area (Å²) in [6.45, 7) is 8.09. The summed E-state index contributed by atoms with van der Waals surface area (Å²) >= 11 is 3.78. The summed E-state index contributed by atoms with van der Waals surface area (Å²) in [5, 5.41) is 20.4. The zero-order valence-electron chi connectivity index (χ0n) is 18.9. The van der Waals surface area contributed by atoms with E-state index >= 15 is 0 Å². The molecule has 4 rings (SSSR count). The zero-order chi connectivity index (χ0) is 22.4. The van der Waals surface area contributed by atoms with Crippen LogP contribution in [0.5, 0.6) is 11.5 Å². The van der Waals surface area contributed by atoms with Crippen LogP contribution in [0.2, 0.25) is 0 Å². The predicted octanol–water partition coefficient (Wildman–Crippen LogP) is 4.38. The van der Waals surface area contributed by atoms with Gasteiger partial charge in [0.15, 0.2) is 11.5 Å². The number of halogens is 1. The van der Waals surface area contributed by atoms with Crippen LogP contribution in [0.1, 0.15) is 63.6 Å². The fourth-order valence-corrected chi connectivity index (χ4v) is 5.75. The molecule has 0 amide bonds. The molecule has 0 aromatic heterocycles. The minimum Gasteiger partial charge on any atom is -0.493 e. The van der Waals surface area contributed by atoms with Crippen LogP contribution in [-0.4, -0.2) is 54.6 Å².